The van der Waals surface area contributed by atoms with Crippen molar-refractivity contribution in [2.75, 3.05) is 13.2 Å². The van der Waals surface area contributed by atoms with Crippen LogP contribution >= 0.6 is 0 Å². The molecule has 0 radical (unpaired) electrons. The largest absolute Gasteiger partial charge is 0.491 e. The van der Waals surface area contributed by atoms with Crippen molar-refractivity contribution in [1.29, 1.82) is 0 Å². The Morgan fingerprint density at radius 1 is 1.33 bits per heavy atom. The molecule has 4 nitrogen and oxygen atoms in total. The molecule has 0 aliphatic rings. The van der Waals surface area contributed by atoms with Crippen molar-refractivity contribution in [2.45, 2.75) is 45.6 Å². The Hall–Kier alpha value is -1.62. The fraction of sp³-hybridized carbons (Fsp3) is 0.562. The van der Waals surface area contributed by atoms with Crippen molar-refractivity contribution in [3.05, 3.63) is 29.6 Å². The predicted octanol–water partition coefficient (Wildman–Crippen LogP) is 3.35. The van der Waals surface area contributed by atoms with Crippen molar-refractivity contribution in [3.63, 3.8) is 0 Å². The third-order valence-electron chi connectivity index (χ3n) is 3.07. The van der Waals surface area contributed by atoms with E-state index in [0.29, 0.717) is 19.6 Å². The average molecular weight is 297 g/mol. The normalized spacial score (nSPS) is 12.0. The number of carbonyl (C=O) groups is 1. The molecule has 0 amide bonds. The summed E-state index contributed by atoms with van der Waals surface area (Å²) in [6.45, 7) is 4.44. The second-order valence-electron chi connectivity index (χ2n) is 4.94. The molecule has 0 saturated heterocycles. The number of carbonyl (C=O) groups excluding carboxylic acids is 1. The van der Waals surface area contributed by atoms with E-state index in [4.69, 9.17) is 15.2 Å². The second kappa shape index (κ2) is 9.34. The summed E-state index contributed by atoms with van der Waals surface area (Å²) < 4.78 is 24.0. The first-order chi connectivity index (χ1) is 10.0. The highest BCUT2D eigenvalue weighted by molar-refractivity contribution is 5.69. The zero-order valence-corrected chi connectivity index (χ0v) is 12.7. The van der Waals surface area contributed by atoms with Crippen LogP contribution in [0.1, 0.15) is 51.1 Å². The minimum absolute atomic E-state index is 0.170. The van der Waals surface area contributed by atoms with E-state index >= 15 is 0 Å². The summed E-state index contributed by atoms with van der Waals surface area (Å²) in [6.07, 6.45) is 2.80. The summed E-state index contributed by atoms with van der Waals surface area (Å²) >= 11 is 0. The Kier molecular flexibility index (Phi) is 7.75. The van der Waals surface area contributed by atoms with Gasteiger partial charge in [-0.2, -0.15) is 0 Å². The maximum atomic E-state index is 13.7. The predicted molar refractivity (Wildman–Crippen MR) is 79.6 cm³/mol. The van der Waals surface area contributed by atoms with E-state index in [1.807, 2.05) is 0 Å². The van der Waals surface area contributed by atoms with Crippen LogP contribution in [-0.4, -0.2) is 19.2 Å². The van der Waals surface area contributed by atoms with Crippen LogP contribution in [0.4, 0.5) is 4.39 Å². The minimum atomic E-state index is -0.392. The number of hydrogen-bond donors (Lipinski definition) is 1. The smallest absolute Gasteiger partial charge is 0.305 e. The molecular formula is C16H24FNO3. The van der Waals surface area contributed by atoms with Gasteiger partial charge in [-0.1, -0.05) is 6.07 Å². The van der Waals surface area contributed by atoms with Gasteiger partial charge in [0.15, 0.2) is 11.6 Å². The number of unbranched alkanes of at least 4 members (excludes halogenated alkanes) is 2. The molecule has 1 atom stereocenters. The van der Waals surface area contributed by atoms with Gasteiger partial charge >= 0.3 is 5.97 Å². The van der Waals surface area contributed by atoms with E-state index in [-0.39, 0.29) is 17.8 Å². The molecule has 0 saturated carbocycles. The van der Waals surface area contributed by atoms with E-state index in [2.05, 4.69) is 0 Å². The molecule has 5 heteroatoms. The third-order valence-corrected chi connectivity index (χ3v) is 3.07. The van der Waals surface area contributed by atoms with Gasteiger partial charge in [-0.15, -0.1) is 0 Å². The summed E-state index contributed by atoms with van der Waals surface area (Å²) in [7, 11) is 0. The van der Waals surface area contributed by atoms with Gasteiger partial charge in [0.1, 0.15) is 0 Å². The number of ether oxygens (including phenoxy) is 2. The molecule has 0 aliphatic heterocycles. The molecule has 0 fully saturated rings. The van der Waals surface area contributed by atoms with E-state index in [1.165, 1.54) is 6.07 Å². The second-order valence-corrected chi connectivity index (χ2v) is 4.94. The third kappa shape index (κ3) is 6.58. The highest BCUT2D eigenvalue weighted by Gasteiger charge is 2.07. The summed E-state index contributed by atoms with van der Waals surface area (Å²) in [5, 5.41) is 0. The van der Waals surface area contributed by atoms with Gasteiger partial charge in [0.2, 0.25) is 0 Å². The lowest BCUT2D eigenvalue weighted by atomic mass is 10.1. The standard InChI is InChI=1S/C16H24FNO3/c1-3-20-16(19)7-5-4-6-10-21-15-9-8-13(12(2)18)11-14(15)17/h8-9,11-12H,3-7,10,18H2,1-2H3/t12-/m0/s1. The number of benzene rings is 1. The Labute approximate surface area is 125 Å². The van der Waals surface area contributed by atoms with E-state index in [0.717, 1.165) is 24.8 Å². The molecule has 1 rings (SSSR count). The lowest BCUT2D eigenvalue weighted by molar-refractivity contribution is -0.143. The zero-order chi connectivity index (χ0) is 15.7. The van der Waals surface area contributed by atoms with Gasteiger partial charge in [0.05, 0.1) is 13.2 Å². The molecular weight excluding hydrogens is 273 g/mol. The summed E-state index contributed by atoms with van der Waals surface area (Å²) in [5.41, 5.74) is 6.43. The fourth-order valence-electron chi connectivity index (χ4n) is 1.88. The van der Waals surface area contributed by atoms with Gasteiger partial charge < -0.3 is 15.2 Å². The topological polar surface area (TPSA) is 61.5 Å². The molecule has 118 valence electrons. The molecule has 0 aliphatic carbocycles. The quantitative estimate of drug-likeness (QED) is 0.561. The first kappa shape index (κ1) is 17.4. The molecule has 21 heavy (non-hydrogen) atoms. The van der Waals surface area contributed by atoms with Crippen LogP contribution in [0.3, 0.4) is 0 Å². The van der Waals surface area contributed by atoms with Gasteiger partial charge in [-0.25, -0.2) is 4.39 Å². The highest BCUT2D eigenvalue weighted by Crippen LogP contribution is 2.21. The Balaban J connectivity index is 2.22. The molecule has 0 unspecified atom stereocenters. The Morgan fingerprint density at radius 2 is 2.10 bits per heavy atom. The van der Waals surface area contributed by atoms with E-state index in [9.17, 15) is 9.18 Å². The Morgan fingerprint density at radius 3 is 2.71 bits per heavy atom. The number of hydrogen-bond acceptors (Lipinski definition) is 4. The summed E-state index contributed by atoms with van der Waals surface area (Å²) in [6, 6.07) is 4.58. The first-order valence-corrected chi connectivity index (χ1v) is 7.38. The lowest BCUT2D eigenvalue weighted by Gasteiger charge is -2.10. The van der Waals surface area contributed by atoms with Crippen LogP contribution < -0.4 is 10.5 Å². The van der Waals surface area contributed by atoms with E-state index in [1.54, 1.807) is 26.0 Å². The summed E-state index contributed by atoms with van der Waals surface area (Å²) in [5.74, 6) is -0.322. The van der Waals surface area contributed by atoms with Gasteiger partial charge in [0.25, 0.3) is 0 Å². The minimum Gasteiger partial charge on any atom is -0.491 e. The fourth-order valence-corrected chi connectivity index (χ4v) is 1.88. The molecule has 1 aromatic rings. The average Bonchev–Trinajstić information content (AvgIpc) is 2.44. The maximum absolute atomic E-state index is 13.7. The van der Waals surface area contributed by atoms with Gasteiger partial charge in [-0.05, 0) is 50.8 Å². The SMILES string of the molecule is CCOC(=O)CCCCCOc1ccc([C@H](C)N)cc1F. The van der Waals surface area contributed by atoms with Crippen molar-refractivity contribution in [1.82, 2.24) is 0 Å². The van der Waals surface area contributed by atoms with Crippen LogP contribution in [0.5, 0.6) is 5.75 Å². The first-order valence-electron chi connectivity index (χ1n) is 7.38. The van der Waals surface area contributed by atoms with Crippen LogP contribution in [0.15, 0.2) is 18.2 Å². The van der Waals surface area contributed by atoms with Crippen molar-refractivity contribution < 1.29 is 18.7 Å². The molecule has 0 heterocycles. The van der Waals surface area contributed by atoms with Gasteiger partial charge in [-0.3, -0.25) is 4.79 Å². The van der Waals surface area contributed by atoms with Gasteiger partial charge in [0, 0.05) is 12.5 Å². The molecule has 0 bridgehead atoms. The number of halogens is 1. The molecule has 1 aromatic carbocycles. The van der Waals surface area contributed by atoms with Crippen LogP contribution in [0.2, 0.25) is 0 Å². The molecule has 0 spiro atoms. The lowest BCUT2D eigenvalue weighted by Crippen LogP contribution is -2.06. The maximum Gasteiger partial charge on any atom is 0.305 e. The Bertz CT molecular complexity index is 449. The van der Waals surface area contributed by atoms with Crippen LogP contribution in [-0.2, 0) is 9.53 Å². The zero-order valence-electron chi connectivity index (χ0n) is 12.7. The van der Waals surface area contributed by atoms with Crippen LogP contribution in [0.25, 0.3) is 0 Å². The van der Waals surface area contributed by atoms with Crippen LogP contribution in [0, 0.1) is 5.82 Å². The molecule has 2 N–H and O–H groups in total. The number of esters is 1. The summed E-state index contributed by atoms with van der Waals surface area (Å²) in [4.78, 5) is 11.1. The number of rotatable bonds is 9. The van der Waals surface area contributed by atoms with Crippen molar-refractivity contribution >= 4 is 5.97 Å². The van der Waals surface area contributed by atoms with Crippen molar-refractivity contribution in [3.8, 4) is 5.75 Å². The number of nitrogens with two attached hydrogens (primary N) is 1. The van der Waals surface area contributed by atoms with Crippen molar-refractivity contribution in [2.24, 2.45) is 5.73 Å². The monoisotopic (exact) mass is 297 g/mol. The highest BCUT2D eigenvalue weighted by atomic mass is 19.1. The van der Waals surface area contributed by atoms with E-state index < -0.39 is 5.82 Å². The molecule has 0 aromatic heterocycles.